The van der Waals surface area contributed by atoms with Crippen molar-refractivity contribution in [2.45, 2.75) is 44.7 Å². The van der Waals surface area contributed by atoms with Crippen molar-refractivity contribution in [1.82, 2.24) is 9.97 Å². The van der Waals surface area contributed by atoms with E-state index in [0.29, 0.717) is 18.0 Å². The molecule has 17 heavy (non-hydrogen) atoms. The van der Waals surface area contributed by atoms with E-state index in [4.69, 9.17) is 10.5 Å². The van der Waals surface area contributed by atoms with Crippen LogP contribution in [0, 0.1) is 6.92 Å². The van der Waals surface area contributed by atoms with E-state index in [-0.39, 0.29) is 0 Å². The van der Waals surface area contributed by atoms with E-state index in [9.17, 15) is 0 Å². The molecular weight excluding hydrogens is 216 g/mol. The first-order valence-electron chi connectivity index (χ1n) is 6.08. The van der Waals surface area contributed by atoms with Gasteiger partial charge in [-0.2, -0.15) is 0 Å². The van der Waals surface area contributed by atoms with Gasteiger partial charge in [0.2, 0.25) is 5.88 Å². The van der Waals surface area contributed by atoms with Crippen molar-refractivity contribution in [2.24, 2.45) is 5.73 Å². The number of methoxy groups -OCH3 is 1. The highest BCUT2D eigenvalue weighted by molar-refractivity contribution is 5.48. The Hall–Kier alpha value is -1.36. The highest BCUT2D eigenvalue weighted by atomic mass is 16.5. The molecule has 0 atom stereocenters. The summed E-state index contributed by atoms with van der Waals surface area (Å²) in [5, 5.41) is 3.46. The molecule has 0 saturated heterocycles. The van der Waals surface area contributed by atoms with Gasteiger partial charge in [-0.1, -0.05) is 0 Å². The molecule has 1 saturated carbocycles. The van der Waals surface area contributed by atoms with Gasteiger partial charge >= 0.3 is 0 Å². The van der Waals surface area contributed by atoms with Crippen LogP contribution in [-0.4, -0.2) is 29.2 Å². The minimum absolute atomic E-state index is 0.370. The zero-order valence-corrected chi connectivity index (χ0v) is 10.4. The highest BCUT2D eigenvalue weighted by Crippen LogP contribution is 2.24. The van der Waals surface area contributed by atoms with Gasteiger partial charge in [0.25, 0.3) is 0 Å². The van der Waals surface area contributed by atoms with Crippen LogP contribution in [0.1, 0.15) is 31.2 Å². The Morgan fingerprint density at radius 1 is 1.29 bits per heavy atom. The second-order valence-corrected chi connectivity index (χ2v) is 4.61. The van der Waals surface area contributed by atoms with Crippen molar-refractivity contribution >= 4 is 5.82 Å². The van der Waals surface area contributed by atoms with Crippen molar-refractivity contribution in [1.29, 1.82) is 0 Å². The van der Waals surface area contributed by atoms with Crippen molar-refractivity contribution in [3.8, 4) is 5.88 Å². The lowest BCUT2D eigenvalue weighted by Crippen LogP contribution is -2.33. The first kappa shape index (κ1) is 12.1. The molecule has 3 N–H and O–H groups in total. The number of nitrogens with zero attached hydrogens (tertiary/aromatic N) is 2. The Balaban J connectivity index is 2.03. The summed E-state index contributed by atoms with van der Waals surface area (Å²) in [4.78, 5) is 8.34. The number of hydrogen-bond acceptors (Lipinski definition) is 5. The molecule has 5 heteroatoms. The predicted octanol–water partition coefficient (Wildman–Crippen LogP) is 1.48. The van der Waals surface area contributed by atoms with Gasteiger partial charge in [0.1, 0.15) is 12.1 Å². The molecule has 0 spiro atoms. The average molecular weight is 236 g/mol. The van der Waals surface area contributed by atoms with Gasteiger partial charge in [0.05, 0.1) is 12.7 Å². The van der Waals surface area contributed by atoms with Gasteiger partial charge in [-0.15, -0.1) is 0 Å². The summed E-state index contributed by atoms with van der Waals surface area (Å²) in [6.45, 7) is 1.97. The Morgan fingerprint density at radius 2 is 2.00 bits per heavy atom. The third kappa shape index (κ3) is 2.85. The Kier molecular flexibility index (Phi) is 3.78. The van der Waals surface area contributed by atoms with Gasteiger partial charge in [-0.05, 0) is 32.6 Å². The lowest BCUT2D eigenvalue weighted by molar-refractivity contribution is 0.392. The van der Waals surface area contributed by atoms with Crippen LogP contribution in [0.2, 0.25) is 0 Å². The fourth-order valence-corrected chi connectivity index (χ4v) is 2.24. The zero-order valence-electron chi connectivity index (χ0n) is 10.4. The lowest BCUT2D eigenvalue weighted by Gasteiger charge is -2.27. The van der Waals surface area contributed by atoms with Crippen LogP contribution in [0.25, 0.3) is 0 Å². The minimum Gasteiger partial charge on any atom is -0.481 e. The van der Waals surface area contributed by atoms with Gasteiger partial charge in [0.15, 0.2) is 0 Å². The van der Waals surface area contributed by atoms with Gasteiger partial charge in [-0.3, -0.25) is 0 Å². The molecular formula is C12H20N4O. The quantitative estimate of drug-likeness (QED) is 0.831. The molecule has 1 fully saturated rings. The van der Waals surface area contributed by atoms with Crippen LogP contribution >= 0.6 is 0 Å². The molecule has 0 bridgehead atoms. The summed E-state index contributed by atoms with van der Waals surface area (Å²) < 4.78 is 5.18. The van der Waals surface area contributed by atoms with Crippen LogP contribution in [-0.2, 0) is 0 Å². The maximum absolute atomic E-state index is 5.89. The number of anilines is 1. The zero-order chi connectivity index (χ0) is 12.3. The van der Waals surface area contributed by atoms with Gasteiger partial charge < -0.3 is 15.8 Å². The Morgan fingerprint density at radius 3 is 2.65 bits per heavy atom. The summed E-state index contributed by atoms with van der Waals surface area (Å²) in [6.07, 6.45) is 5.90. The van der Waals surface area contributed by atoms with Crippen molar-refractivity contribution in [3.63, 3.8) is 0 Å². The molecule has 2 rings (SSSR count). The van der Waals surface area contributed by atoms with E-state index >= 15 is 0 Å². The number of rotatable bonds is 3. The van der Waals surface area contributed by atoms with E-state index in [1.165, 1.54) is 6.33 Å². The van der Waals surface area contributed by atoms with Crippen LogP contribution in [0.15, 0.2) is 6.33 Å². The summed E-state index contributed by atoms with van der Waals surface area (Å²) in [5.41, 5.74) is 6.86. The molecule has 0 aromatic carbocycles. The number of nitrogens with two attached hydrogens (primary N) is 1. The topological polar surface area (TPSA) is 73.1 Å². The summed E-state index contributed by atoms with van der Waals surface area (Å²) in [7, 11) is 1.62. The molecule has 0 amide bonds. The lowest BCUT2D eigenvalue weighted by atomic mass is 9.92. The number of aromatic nitrogens is 2. The third-order valence-corrected chi connectivity index (χ3v) is 3.34. The van der Waals surface area contributed by atoms with E-state index in [0.717, 1.165) is 37.1 Å². The largest absolute Gasteiger partial charge is 0.481 e. The fourth-order valence-electron chi connectivity index (χ4n) is 2.24. The van der Waals surface area contributed by atoms with Gasteiger partial charge in [-0.25, -0.2) is 9.97 Å². The third-order valence-electron chi connectivity index (χ3n) is 3.34. The van der Waals surface area contributed by atoms with Crippen LogP contribution < -0.4 is 15.8 Å². The van der Waals surface area contributed by atoms with Crippen molar-refractivity contribution in [3.05, 3.63) is 11.9 Å². The fraction of sp³-hybridized carbons (Fsp3) is 0.667. The molecule has 1 aliphatic carbocycles. The summed E-state index contributed by atoms with van der Waals surface area (Å²) >= 11 is 0. The summed E-state index contributed by atoms with van der Waals surface area (Å²) in [5.74, 6) is 1.51. The average Bonchev–Trinajstić information content (AvgIpc) is 2.35. The number of ether oxygens (including phenoxy) is 1. The van der Waals surface area contributed by atoms with E-state index < -0.39 is 0 Å². The smallest absolute Gasteiger partial charge is 0.221 e. The molecule has 1 aromatic rings. The van der Waals surface area contributed by atoms with E-state index in [1.807, 2.05) is 6.92 Å². The predicted molar refractivity (Wildman–Crippen MR) is 67.2 cm³/mol. The molecule has 5 nitrogen and oxygen atoms in total. The van der Waals surface area contributed by atoms with Crippen molar-refractivity contribution < 1.29 is 4.74 Å². The molecule has 94 valence electrons. The first-order chi connectivity index (χ1) is 8.20. The number of hydrogen-bond donors (Lipinski definition) is 2. The van der Waals surface area contributed by atoms with Crippen molar-refractivity contribution in [2.75, 3.05) is 12.4 Å². The second kappa shape index (κ2) is 5.31. The normalized spacial score (nSPS) is 24.4. The maximum Gasteiger partial charge on any atom is 0.221 e. The molecule has 1 aliphatic rings. The number of nitrogens with one attached hydrogen (secondary N) is 1. The monoisotopic (exact) mass is 236 g/mol. The van der Waals surface area contributed by atoms with Crippen LogP contribution in [0.3, 0.4) is 0 Å². The van der Waals surface area contributed by atoms with Gasteiger partial charge in [0, 0.05) is 12.1 Å². The Bertz CT molecular complexity index is 375. The molecule has 0 radical (unpaired) electrons. The Labute approximate surface area is 102 Å². The van der Waals surface area contributed by atoms with Crippen LogP contribution in [0.5, 0.6) is 5.88 Å². The second-order valence-electron chi connectivity index (χ2n) is 4.61. The highest BCUT2D eigenvalue weighted by Gasteiger charge is 2.19. The first-order valence-corrected chi connectivity index (χ1v) is 6.08. The summed E-state index contributed by atoms with van der Waals surface area (Å²) in [6, 6.07) is 0.835. The maximum atomic E-state index is 5.89. The molecule has 0 aliphatic heterocycles. The molecule has 1 aromatic heterocycles. The minimum atomic E-state index is 0.370. The molecule has 1 heterocycles. The van der Waals surface area contributed by atoms with Crippen LogP contribution in [0.4, 0.5) is 5.82 Å². The standard InChI is InChI=1S/C12H20N4O/c1-8-11(14-7-15-12(8)17-2)16-10-5-3-9(13)4-6-10/h7,9-10H,3-6,13H2,1-2H3,(H,14,15,16). The van der Waals surface area contributed by atoms with E-state index in [1.54, 1.807) is 7.11 Å². The SMILES string of the molecule is COc1ncnc(NC2CCC(N)CC2)c1C. The van der Waals surface area contributed by atoms with E-state index in [2.05, 4.69) is 15.3 Å². The molecule has 0 unspecified atom stereocenters.